The zero-order valence-corrected chi connectivity index (χ0v) is 17.7. The highest BCUT2D eigenvalue weighted by Gasteiger charge is 2.38. The number of ether oxygens (including phenoxy) is 1. The van der Waals surface area contributed by atoms with Crippen molar-refractivity contribution < 1.29 is 22.7 Å². The van der Waals surface area contributed by atoms with Gasteiger partial charge < -0.3 is 15.8 Å². The van der Waals surface area contributed by atoms with Crippen molar-refractivity contribution in [1.29, 1.82) is 0 Å². The fraction of sp³-hybridized carbons (Fsp3) is 0.435. The maximum Gasteiger partial charge on any atom is 0.573 e. The first-order valence-corrected chi connectivity index (χ1v) is 10.3. The van der Waals surface area contributed by atoms with Gasteiger partial charge in [0, 0.05) is 30.9 Å². The van der Waals surface area contributed by atoms with Gasteiger partial charge in [-0.25, -0.2) is 0 Å². The van der Waals surface area contributed by atoms with Gasteiger partial charge in [-0.05, 0) is 42.5 Å². The normalized spacial score (nSPS) is 16.9. The molecule has 0 unspecified atom stereocenters. The number of anilines is 1. The number of halogens is 3. The molecule has 31 heavy (non-hydrogen) atoms. The van der Waals surface area contributed by atoms with Crippen molar-refractivity contribution in [2.24, 2.45) is 5.73 Å². The molecule has 5 nitrogen and oxygen atoms in total. The van der Waals surface area contributed by atoms with E-state index in [0.29, 0.717) is 49.6 Å². The number of amides is 1. The lowest BCUT2D eigenvalue weighted by Crippen LogP contribution is -2.57. The van der Waals surface area contributed by atoms with Crippen LogP contribution in [0, 0.1) is 0 Å². The lowest BCUT2D eigenvalue weighted by atomic mass is 9.87. The largest absolute Gasteiger partial charge is 0.573 e. The van der Waals surface area contributed by atoms with E-state index in [-0.39, 0.29) is 11.7 Å². The Hall–Kier alpha value is -2.58. The standard InChI is InChI=1S/C23H28F3N3O2/c1-16(2)17-7-9-19(10-8-17)28-21(30)22(27)11-13-29(14-12-22)15-18-5-3-4-6-20(18)31-23(24,25)26/h3-10,16H,11-15,27H2,1-2H3,(H,28,30). The topological polar surface area (TPSA) is 67.6 Å². The van der Waals surface area contributed by atoms with Gasteiger partial charge in [0.2, 0.25) is 5.91 Å². The van der Waals surface area contributed by atoms with Crippen molar-refractivity contribution in [2.45, 2.75) is 51.1 Å². The van der Waals surface area contributed by atoms with E-state index in [2.05, 4.69) is 23.9 Å². The first-order valence-electron chi connectivity index (χ1n) is 10.3. The first-order chi connectivity index (χ1) is 14.6. The number of nitrogens with one attached hydrogen (secondary N) is 1. The minimum Gasteiger partial charge on any atom is -0.405 e. The van der Waals surface area contributed by atoms with Gasteiger partial charge in [-0.3, -0.25) is 9.69 Å². The van der Waals surface area contributed by atoms with Gasteiger partial charge >= 0.3 is 6.36 Å². The van der Waals surface area contributed by atoms with Gasteiger partial charge in [0.15, 0.2) is 0 Å². The van der Waals surface area contributed by atoms with E-state index in [1.165, 1.54) is 17.7 Å². The van der Waals surface area contributed by atoms with Crippen LogP contribution in [-0.2, 0) is 11.3 Å². The summed E-state index contributed by atoms with van der Waals surface area (Å²) in [5, 5.41) is 2.89. The molecular weight excluding hydrogens is 407 g/mol. The van der Waals surface area contributed by atoms with Crippen LogP contribution in [0.25, 0.3) is 0 Å². The monoisotopic (exact) mass is 435 g/mol. The number of para-hydroxylation sites is 1. The number of hydrogen-bond donors (Lipinski definition) is 2. The van der Waals surface area contributed by atoms with Crippen LogP contribution in [0.2, 0.25) is 0 Å². The smallest absolute Gasteiger partial charge is 0.405 e. The van der Waals surface area contributed by atoms with Gasteiger partial charge in [0.05, 0.1) is 5.54 Å². The van der Waals surface area contributed by atoms with Gasteiger partial charge in [-0.15, -0.1) is 13.2 Å². The van der Waals surface area contributed by atoms with Crippen molar-refractivity contribution in [1.82, 2.24) is 4.90 Å². The Morgan fingerprint density at radius 1 is 1.13 bits per heavy atom. The number of nitrogens with two attached hydrogens (primary N) is 1. The molecule has 0 aromatic heterocycles. The molecule has 0 radical (unpaired) electrons. The lowest BCUT2D eigenvalue weighted by Gasteiger charge is -2.38. The van der Waals surface area contributed by atoms with Crippen molar-refractivity contribution in [2.75, 3.05) is 18.4 Å². The Labute approximate surface area is 180 Å². The van der Waals surface area contributed by atoms with Gasteiger partial charge in [0.1, 0.15) is 5.75 Å². The molecule has 8 heteroatoms. The molecular formula is C23H28F3N3O2. The van der Waals surface area contributed by atoms with Gasteiger partial charge in [-0.1, -0.05) is 44.2 Å². The van der Waals surface area contributed by atoms with E-state index in [1.54, 1.807) is 12.1 Å². The molecule has 1 aliphatic heterocycles. The molecule has 1 heterocycles. The molecule has 3 N–H and O–H groups in total. The molecule has 1 amide bonds. The van der Waals surface area contributed by atoms with Crippen molar-refractivity contribution in [3.05, 3.63) is 59.7 Å². The van der Waals surface area contributed by atoms with Gasteiger partial charge in [-0.2, -0.15) is 0 Å². The van der Waals surface area contributed by atoms with E-state index in [4.69, 9.17) is 5.73 Å². The molecule has 0 atom stereocenters. The van der Waals surface area contributed by atoms with E-state index >= 15 is 0 Å². The van der Waals surface area contributed by atoms with Crippen molar-refractivity contribution in [3.8, 4) is 5.75 Å². The Morgan fingerprint density at radius 3 is 2.32 bits per heavy atom. The highest BCUT2D eigenvalue weighted by Crippen LogP contribution is 2.29. The maximum absolute atomic E-state index is 12.8. The Balaban J connectivity index is 1.58. The van der Waals surface area contributed by atoms with Crippen LogP contribution in [0.15, 0.2) is 48.5 Å². The summed E-state index contributed by atoms with van der Waals surface area (Å²) in [6.45, 7) is 5.49. The summed E-state index contributed by atoms with van der Waals surface area (Å²) >= 11 is 0. The molecule has 0 bridgehead atoms. The van der Waals surface area contributed by atoms with Crippen molar-refractivity contribution in [3.63, 3.8) is 0 Å². The fourth-order valence-corrected chi connectivity index (χ4v) is 3.64. The third kappa shape index (κ3) is 6.21. The maximum atomic E-state index is 12.8. The number of benzene rings is 2. The Bertz CT molecular complexity index is 890. The second-order valence-corrected chi connectivity index (χ2v) is 8.32. The average Bonchev–Trinajstić information content (AvgIpc) is 2.70. The van der Waals surface area contributed by atoms with Crippen LogP contribution >= 0.6 is 0 Å². The Morgan fingerprint density at radius 2 is 1.74 bits per heavy atom. The average molecular weight is 435 g/mol. The number of rotatable bonds is 6. The third-order valence-corrected chi connectivity index (χ3v) is 5.63. The molecule has 0 spiro atoms. The van der Waals surface area contributed by atoms with Crippen LogP contribution in [0.3, 0.4) is 0 Å². The van der Waals surface area contributed by atoms with E-state index in [9.17, 15) is 18.0 Å². The van der Waals surface area contributed by atoms with Crippen LogP contribution in [0.5, 0.6) is 5.75 Å². The van der Waals surface area contributed by atoms with Crippen LogP contribution in [0.4, 0.5) is 18.9 Å². The zero-order valence-electron chi connectivity index (χ0n) is 17.7. The van der Waals surface area contributed by atoms with Crippen LogP contribution in [-0.4, -0.2) is 35.8 Å². The zero-order chi connectivity index (χ0) is 22.6. The summed E-state index contributed by atoms with van der Waals surface area (Å²) in [5.74, 6) is -0.0472. The summed E-state index contributed by atoms with van der Waals surface area (Å²) in [6.07, 6.45) is -3.92. The molecule has 3 rings (SSSR count). The predicted octanol–water partition coefficient (Wildman–Crippen LogP) is 4.64. The summed E-state index contributed by atoms with van der Waals surface area (Å²) in [5.41, 5.74) is 7.69. The summed E-state index contributed by atoms with van der Waals surface area (Å²) < 4.78 is 42.0. The second-order valence-electron chi connectivity index (χ2n) is 8.32. The summed E-state index contributed by atoms with van der Waals surface area (Å²) in [6, 6.07) is 13.8. The third-order valence-electron chi connectivity index (χ3n) is 5.63. The lowest BCUT2D eigenvalue weighted by molar-refractivity contribution is -0.275. The molecule has 2 aromatic carbocycles. The van der Waals surface area contributed by atoms with Crippen LogP contribution in [0.1, 0.15) is 43.7 Å². The van der Waals surface area contributed by atoms with E-state index in [1.807, 2.05) is 29.2 Å². The second kappa shape index (κ2) is 9.28. The number of carbonyl (C=O) groups is 1. The highest BCUT2D eigenvalue weighted by molar-refractivity contribution is 5.98. The molecule has 1 saturated heterocycles. The molecule has 0 saturated carbocycles. The SMILES string of the molecule is CC(C)c1ccc(NC(=O)C2(N)CCN(Cc3ccccc3OC(F)(F)F)CC2)cc1. The number of alkyl halides is 3. The minimum absolute atomic E-state index is 0.206. The number of likely N-dealkylation sites (tertiary alicyclic amines) is 1. The molecule has 168 valence electrons. The number of nitrogens with zero attached hydrogens (tertiary/aromatic N) is 1. The minimum atomic E-state index is -4.74. The number of piperidine rings is 1. The number of carbonyl (C=O) groups excluding carboxylic acids is 1. The summed E-state index contributed by atoms with van der Waals surface area (Å²) in [4.78, 5) is 14.8. The quantitative estimate of drug-likeness (QED) is 0.694. The first kappa shape index (κ1) is 23.1. The van der Waals surface area contributed by atoms with E-state index in [0.717, 1.165) is 0 Å². The summed E-state index contributed by atoms with van der Waals surface area (Å²) in [7, 11) is 0. The van der Waals surface area contributed by atoms with Crippen molar-refractivity contribution >= 4 is 11.6 Å². The molecule has 1 aliphatic rings. The molecule has 0 aliphatic carbocycles. The molecule has 2 aromatic rings. The predicted molar refractivity (Wildman–Crippen MR) is 114 cm³/mol. The highest BCUT2D eigenvalue weighted by atomic mass is 19.4. The number of hydrogen-bond acceptors (Lipinski definition) is 4. The fourth-order valence-electron chi connectivity index (χ4n) is 3.64. The van der Waals surface area contributed by atoms with Gasteiger partial charge in [0.25, 0.3) is 0 Å². The van der Waals surface area contributed by atoms with E-state index < -0.39 is 11.9 Å². The van der Waals surface area contributed by atoms with Crippen LogP contribution < -0.4 is 15.8 Å². The molecule has 1 fully saturated rings. The Kier molecular flexibility index (Phi) is 6.91.